The Bertz CT molecular complexity index is 446. The van der Waals surface area contributed by atoms with Gasteiger partial charge in [-0.2, -0.15) is 0 Å². The number of ether oxygens (including phenoxy) is 1. The Balaban J connectivity index is 2.11. The van der Waals surface area contributed by atoms with Crippen molar-refractivity contribution in [2.75, 3.05) is 30.3 Å². The van der Waals surface area contributed by atoms with Gasteiger partial charge in [-0.3, -0.25) is 0 Å². The van der Waals surface area contributed by atoms with Gasteiger partial charge in [-0.15, -0.1) is 0 Å². The van der Waals surface area contributed by atoms with Gasteiger partial charge in [0.05, 0.1) is 17.9 Å². The third-order valence-corrected chi connectivity index (χ3v) is 3.89. The minimum atomic E-state index is -0.538. The van der Waals surface area contributed by atoms with Crippen LogP contribution in [0.3, 0.4) is 0 Å². The lowest BCUT2D eigenvalue weighted by Crippen LogP contribution is -2.28. The van der Waals surface area contributed by atoms with Gasteiger partial charge in [0.15, 0.2) is 0 Å². The molecule has 3 N–H and O–H groups in total. The van der Waals surface area contributed by atoms with E-state index in [4.69, 9.17) is 10.5 Å². The second-order valence-electron chi connectivity index (χ2n) is 5.91. The van der Waals surface area contributed by atoms with E-state index in [-0.39, 0.29) is 0 Å². The van der Waals surface area contributed by atoms with Gasteiger partial charge in [0, 0.05) is 24.8 Å². The molecule has 1 unspecified atom stereocenters. The van der Waals surface area contributed by atoms with E-state index in [9.17, 15) is 5.11 Å². The smallest absolute Gasteiger partial charge is 0.144 e. The zero-order valence-corrected chi connectivity index (χ0v) is 12.6. The van der Waals surface area contributed by atoms with Gasteiger partial charge in [-0.25, -0.2) is 0 Å². The normalized spacial score (nSPS) is 23.4. The van der Waals surface area contributed by atoms with Gasteiger partial charge in [-0.1, -0.05) is 6.92 Å². The van der Waals surface area contributed by atoms with Gasteiger partial charge in [0.1, 0.15) is 5.75 Å². The molecule has 1 aliphatic rings. The lowest BCUT2D eigenvalue weighted by Gasteiger charge is -2.25. The number of hydrogen-bond donors (Lipinski definition) is 2. The molecule has 112 valence electrons. The summed E-state index contributed by atoms with van der Waals surface area (Å²) in [7, 11) is 0. The molecule has 4 heteroatoms. The first-order valence-electron chi connectivity index (χ1n) is 7.51. The lowest BCUT2D eigenvalue weighted by molar-refractivity contribution is 0.0481. The SMILES string of the molecule is CCCOc1cc(N2CCCC(C)(O)CC2)ccc1N. The largest absolute Gasteiger partial charge is 0.491 e. The van der Waals surface area contributed by atoms with E-state index in [0.717, 1.165) is 50.2 Å². The van der Waals surface area contributed by atoms with Crippen molar-refractivity contribution in [2.24, 2.45) is 0 Å². The van der Waals surface area contributed by atoms with Crippen LogP contribution in [0.25, 0.3) is 0 Å². The van der Waals surface area contributed by atoms with Crippen molar-refractivity contribution in [3.8, 4) is 5.75 Å². The van der Waals surface area contributed by atoms with Gasteiger partial charge in [-0.05, 0) is 44.7 Å². The molecule has 0 aromatic heterocycles. The van der Waals surface area contributed by atoms with Gasteiger partial charge in [0.25, 0.3) is 0 Å². The summed E-state index contributed by atoms with van der Waals surface area (Å²) in [6, 6.07) is 5.96. The van der Waals surface area contributed by atoms with Crippen LogP contribution in [0.5, 0.6) is 5.75 Å². The third-order valence-electron chi connectivity index (χ3n) is 3.89. The summed E-state index contributed by atoms with van der Waals surface area (Å²) >= 11 is 0. The fraction of sp³-hybridized carbons (Fsp3) is 0.625. The first kappa shape index (κ1) is 15.0. The Morgan fingerprint density at radius 1 is 1.35 bits per heavy atom. The highest BCUT2D eigenvalue weighted by Gasteiger charge is 2.25. The van der Waals surface area contributed by atoms with Crippen LogP contribution in [0.4, 0.5) is 11.4 Å². The van der Waals surface area contributed by atoms with Crippen molar-refractivity contribution in [3.05, 3.63) is 18.2 Å². The Morgan fingerprint density at radius 3 is 2.90 bits per heavy atom. The molecule has 0 saturated carbocycles. The van der Waals surface area contributed by atoms with Crippen LogP contribution in [-0.2, 0) is 0 Å². The molecular weight excluding hydrogens is 252 g/mol. The van der Waals surface area contributed by atoms with Crippen LogP contribution in [0.1, 0.15) is 39.5 Å². The fourth-order valence-electron chi connectivity index (χ4n) is 2.58. The molecular formula is C16H26N2O2. The highest BCUT2D eigenvalue weighted by molar-refractivity contribution is 5.62. The van der Waals surface area contributed by atoms with Crippen molar-refractivity contribution < 1.29 is 9.84 Å². The number of nitrogens with zero attached hydrogens (tertiary/aromatic N) is 1. The van der Waals surface area contributed by atoms with E-state index >= 15 is 0 Å². The monoisotopic (exact) mass is 278 g/mol. The number of nitrogens with two attached hydrogens (primary N) is 1. The van der Waals surface area contributed by atoms with Crippen LogP contribution in [-0.4, -0.2) is 30.4 Å². The average molecular weight is 278 g/mol. The standard InChI is InChI=1S/C16H26N2O2/c1-3-11-20-15-12-13(5-6-14(15)17)18-9-4-7-16(2,19)8-10-18/h5-6,12,19H,3-4,7-11,17H2,1-2H3. The van der Waals surface area contributed by atoms with Gasteiger partial charge < -0.3 is 20.5 Å². The number of hydrogen-bond acceptors (Lipinski definition) is 4. The maximum Gasteiger partial charge on any atom is 0.144 e. The average Bonchev–Trinajstić information content (AvgIpc) is 2.59. The summed E-state index contributed by atoms with van der Waals surface area (Å²) in [5.41, 5.74) is 7.22. The number of anilines is 2. The predicted molar refractivity (Wildman–Crippen MR) is 83.3 cm³/mol. The van der Waals surface area contributed by atoms with Crippen LogP contribution < -0.4 is 15.4 Å². The Labute approximate surface area is 121 Å². The Kier molecular flexibility index (Phi) is 4.76. The Morgan fingerprint density at radius 2 is 2.15 bits per heavy atom. The second-order valence-corrected chi connectivity index (χ2v) is 5.91. The van der Waals surface area contributed by atoms with Crippen molar-refractivity contribution in [1.82, 2.24) is 0 Å². The number of nitrogen functional groups attached to an aromatic ring is 1. The van der Waals surface area contributed by atoms with Crippen LogP contribution >= 0.6 is 0 Å². The molecule has 1 aliphatic heterocycles. The maximum absolute atomic E-state index is 10.2. The second kappa shape index (κ2) is 6.35. The molecule has 1 atom stereocenters. The molecule has 0 spiro atoms. The molecule has 0 radical (unpaired) electrons. The topological polar surface area (TPSA) is 58.7 Å². The van der Waals surface area contributed by atoms with Gasteiger partial charge >= 0.3 is 0 Å². The zero-order chi connectivity index (χ0) is 14.6. The van der Waals surface area contributed by atoms with E-state index in [1.54, 1.807) is 0 Å². The maximum atomic E-state index is 10.2. The number of rotatable bonds is 4. The van der Waals surface area contributed by atoms with E-state index in [0.29, 0.717) is 12.3 Å². The highest BCUT2D eigenvalue weighted by atomic mass is 16.5. The molecule has 1 fully saturated rings. The molecule has 1 heterocycles. The Hall–Kier alpha value is -1.42. The van der Waals surface area contributed by atoms with Crippen molar-refractivity contribution in [1.29, 1.82) is 0 Å². The van der Waals surface area contributed by atoms with E-state index in [1.807, 2.05) is 25.1 Å². The molecule has 4 nitrogen and oxygen atoms in total. The molecule has 2 rings (SSSR count). The first-order chi connectivity index (χ1) is 9.52. The first-order valence-corrected chi connectivity index (χ1v) is 7.51. The summed E-state index contributed by atoms with van der Waals surface area (Å²) in [6.07, 6.45) is 3.62. The van der Waals surface area contributed by atoms with Crippen LogP contribution in [0.2, 0.25) is 0 Å². The zero-order valence-electron chi connectivity index (χ0n) is 12.6. The minimum Gasteiger partial charge on any atom is -0.491 e. The third kappa shape index (κ3) is 3.79. The lowest BCUT2D eigenvalue weighted by atomic mass is 9.98. The number of aliphatic hydroxyl groups is 1. The molecule has 1 aromatic rings. The predicted octanol–water partition coefficient (Wildman–Crippen LogP) is 2.80. The molecule has 0 aliphatic carbocycles. The van der Waals surface area contributed by atoms with Crippen molar-refractivity contribution in [3.63, 3.8) is 0 Å². The molecule has 1 aromatic carbocycles. The fourth-order valence-corrected chi connectivity index (χ4v) is 2.58. The van der Waals surface area contributed by atoms with Crippen LogP contribution in [0.15, 0.2) is 18.2 Å². The quantitative estimate of drug-likeness (QED) is 0.832. The summed E-state index contributed by atoms with van der Waals surface area (Å²) in [5.74, 6) is 0.764. The van der Waals surface area contributed by atoms with E-state index in [1.165, 1.54) is 0 Å². The summed E-state index contributed by atoms with van der Waals surface area (Å²) in [5, 5.41) is 10.2. The van der Waals surface area contributed by atoms with Crippen LogP contribution in [0, 0.1) is 0 Å². The number of benzene rings is 1. The van der Waals surface area contributed by atoms with Crippen molar-refractivity contribution >= 4 is 11.4 Å². The van der Waals surface area contributed by atoms with Crippen molar-refractivity contribution in [2.45, 2.75) is 45.1 Å². The summed E-state index contributed by atoms with van der Waals surface area (Å²) < 4.78 is 5.69. The van der Waals surface area contributed by atoms with E-state index in [2.05, 4.69) is 11.8 Å². The highest BCUT2D eigenvalue weighted by Crippen LogP contribution is 2.30. The molecule has 0 amide bonds. The van der Waals surface area contributed by atoms with E-state index < -0.39 is 5.60 Å². The molecule has 1 saturated heterocycles. The molecule has 20 heavy (non-hydrogen) atoms. The summed E-state index contributed by atoms with van der Waals surface area (Å²) in [6.45, 7) is 6.52. The minimum absolute atomic E-state index is 0.538. The summed E-state index contributed by atoms with van der Waals surface area (Å²) in [4.78, 5) is 2.31. The van der Waals surface area contributed by atoms with Gasteiger partial charge in [0.2, 0.25) is 0 Å². The molecule has 0 bridgehead atoms.